The van der Waals surface area contributed by atoms with Gasteiger partial charge in [0.05, 0.1) is 7.11 Å². The number of halogens is 1. The van der Waals surface area contributed by atoms with Crippen molar-refractivity contribution in [2.75, 3.05) is 7.11 Å². The summed E-state index contributed by atoms with van der Waals surface area (Å²) < 4.78 is 31.6. The first-order chi connectivity index (χ1) is 12.2. The molecule has 0 spiro atoms. The molecule has 2 aromatic carbocycles. The van der Waals surface area contributed by atoms with Gasteiger partial charge in [-0.05, 0) is 37.8 Å². The fourth-order valence-electron chi connectivity index (χ4n) is 3.75. The van der Waals surface area contributed by atoms with Crippen LogP contribution in [0.25, 0.3) is 0 Å². The Kier molecular flexibility index (Phi) is 4.49. The molecular formula is C20H22FNO3. The van der Waals surface area contributed by atoms with Crippen LogP contribution in [0.3, 0.4) is 0 Å². The first kappa shape index (κ1) is 16.2. The van der Waals surface area contributed by atoms with Gasteiger partial charge in [0.1, 0.15) is 17.6 Å². The summed E-state index contributed by atoms with van der Waals surface area (Å²) in [5.41, 5.74) is 0. The van der Waals surface area contributed by atoms with Gasteiger partial charge in [-0.15, -0.1) is 0 Å². The molecule has 0 aliphatic carbocycles. The molecule has 2 aliphatic heterocycles. The van der Waals surface area contributed by atoms with E-state index in [2.05, 4.69) is 5.32 Å². The molecule has 4 rings (SSSR count). The van der Waals surface area contributed by atoms with Crippen LogP contribution in [0.4, 0.5) is 4.39 Å². The highest BCUT2D eigenvalue weighted by atomic mass is 19.1. The second-order valence-corrected chi connectivity index (χ2v) is 6.70. The van der Waals surface area contributed by atoms with Crippen LogP contribution in [0.15, 0.2) is 42.5 Å². The number of piperidine rings is 1. The standard InChI is InChI=1S/C20H22FNO3/c1-23-18-11-17(24-15-5-3-2-4-6-15)12-19(20(18)21)25-16-9-13-7-8-14(10-16)22-13/h2-6,11-14,16,22H,7-10H2,1H3/t13-,14+,16-. The summed E-state index contributed by atoms with van der Waals surface area (Å²) in [6.45, 7) is 0. The Balaban J connectivity index is 1.56. The van der Waals surface area contributed by atoms with E-state index < -0.39 is 5.82 Å². The van der Waals surface area contributed by atoms with Gasteiger partial charge in [0.15, 0.2) is 11.5 Å². The normalized spacial score (nSPS) is 24.8. The van der Waals surface area contributed by atoms with E-state index in [4.69, 9.17) is 14.2 Å². The Morgan fingerprint density at radius 3 is 2.32 bits per heavy atom. The molecule has 25 heavy (non-hydrogen) atoms. The summed E-state index contributed by atoms with van der Waals surface area (Å²) in [5, 5.41) is 3.56. The Labute approximate surface area is 146 Å². The summed E-state index contributed by atoms with van der Waals surface area (Å²) in [7, 11) is 1.44. The molecule has 0 amide bonds. The fraction of sp³-hybridized carbons (Fsp3) is 0.400. The van der Waals surface area contributed by atoms with Crippen molar-refractivity contribution in [1.29, 1.82) is 0 Å². The van der Waals surface area contributed by atoms with E-state index >= 15 is 0 Å². The molecule has 2 saturated heterocycles. The average molecular weight is 343 g/mol. The third-order valence-electron chi connectivity index (χ3n) is 4.90. The van der Waals surface area contributed by atoms with Crippen molar-refractivity contribution in [2.24, 2.45) is 0 Å². The van der Waals surface area contributed by atoms with Crippen LogP contribution in [0, 0.1) is 5.82 Å². The number of benzene rings is 2. The lowest BCUT2D eigenvalue weighted by molar-refractivity contribution is 0.130. The molecule has 2 aliphatic rings. The summed E-state index contributed by atoms with van der Waals surface area (Å²) in [6, 6.07) is 13.5. The van der Waals surface area contributed by atoms with Crippen molar-refractivity contribution < 1.29 is 18.6 Å². The van der Waals surface area contributed by atoms with Crippen molar-refractivity contribution in [3.05, 3.63) is 48.3 Å². The number of fused-ring (bicyclic) bond motifs is 2. The van der Waals surface area contributed by atoms with Gasteiger partial charge in [0.2, 0.25) is 5.82 Å². The number of ether oxygens (including phenoxy) is 3. The lowest BCUT2D eigenvalue weighted by Crippen LogP contribution is -2.42. The summed E-state index contributed by atoms with van der Waals surface area (Å²) in [6.07, 6.45) is 4.18. The average Bonchev–Trinajstić information content (AvgIpc) is 2.97. The molecule has 4 nitrogen and oxygen atoms in total. The van der Waals surface area contributed by atoms with E-state index in [9.17, 15) is 4.39 Å². The van der Waals surface area contributed by atoms with Crippen molar-refractivity contribution in [2.45, 2.75) is 43.9 Å². The summed E-state index contributed by atoms with van der Waals surface area (Å²) in [5.74, 6) is 1.02. The van der Waals surface area contributed by atoms with Crippen molar-refractivity contribution in [3.8, 4) is 23.0 Å². The summed E-state index contributed by atoms with van der Waals surface area (Å²) in [4.78, 5) is 0. The van der Waals surface area contributed by atoms with Crippen LogP contribution in [0.1, 0.15) is 25.7 Å². The summed E-state index contributed by atoms with van der Waals surface area (Å²) >= 11 is 0. The molecule has 2 heterocycles. The maximum Gasteiger partial charge on any atom is 0.207 e. The van der Waals surface area contributed by atoms with Gasteiger partial charge < -0.3 is 19.5 Å². The number of nitrogens with one attached hydrogen (secondary N) is 1. The van der Waals surface area contributed by atoms with Crippen LogP contribution in [0.2, 0.25) is 0 Å². The SMILES string of the molecule is COc1cc(Oc2ccccc2)cc(O[C@@H]2C[C@H]3CC[C@@H](C2)N3)c1F. The first-order valence-electron chi connectivity index (χ1n) is 8.74. The molecule has 5 heteroatoms. The van der Waals surface area contributed by atoms with Gasteiger partial charge in [0, 0.05) is 24.2 Å². The number of para-hydroxylation sites is 1. The fourth-order valence-corrected chi connectivity index (χ4v) is 3.75. The van der Waals surface area contributed by atoms with E-state index in [0.29, 0.717) is 23.6 Å². The second-order valence-electron chi connectivity index (χ2n) is 6.70. The predicted octanol–water partition coefficient (Wildman–Crippen LogP) is 4.29. The maximum atomic E-state index is 14.6. The number of hydrogen-bond donors (Lipinski definition) is 1. The third-order valence-corrected chi connectivity index (χ3v) is 4.90. The van der Waals surface area contributed by atoms with E-state index in [1.807, 2.05) is 30.3 Å². The van der Waals surface area contributed by atoms with E-state index in [1.54, 1.807) is 12.1 Å². The number of hydrogen-bond acceptors (Lipinski definition) is 4. The zero-order valence-electron chi connectivity index (χ0n) is 14.2. The van der Waals surface area contributed by atoms with Gasteiger partial charge >= 0.3 is 0 Å². The maximum absolute atomic E-state index is 14.6. The number of methoxy groups -OCH3 is 1. The van der Waals surface area contributed by atoms with Gasteiger partial charge in [0.25, 0.3) is 0 Å². The lowest BCUT2D eigenvalue weighted by atomic mass is 10.0. The highest BCUT2D eigenvalue weighted by molar-refractivity contribution is 5.45. The van der Waals surface area contributed by atoms with Crippen LogP contribution in [-0.2, 0) is 0 Å². The first-order valence-corrected chi connectivity index (χ1v) is 8.74. The van der Waals surface area contributed by atoms with E-state index in [-0.39, 0.29) is 17.6 Å². The minimum Gasteiger partial charge on any atom is -0.493 e. The Hall–Kier alpha value is -2.27. The Morgan fingerprint density at radius 2 is 1.64 bits per heavy atom. The van der Waals surface area contributed by atoms with Crippen molar-refractivity contribution in [3.63, 3.8) is 0 Å². The third kappa shape index (κ3) is 3.56. The van der Waals surface area contributed by atoms with Crippen molar-refractivity contribution in [1.82, 2.24) is 5.32 Å². The molecule has 0 unspecified atom stereocenters. The highest BCUT2D eigenvalue weighted by Gasteiger charge is 2.35. The predicted molar refractivity (Wildman–Crippen MR) is 93.1 cm³/mol. The Bertz CT molecular complexity index is 725. The van der Waals surface area contributed by atoms with Gasteiger partial charge in [-0.3, -0.25) is 0 Å². The van der Waals surface area contributed by atoms with Gasteiger partial charge in [-0.25, -0.2) is 0 Å². The molecule has 3 atom stereocenters. The molecule has 1 N–H and O–H groups in total. The smallest absolute Gasteiger partial charge is 0.207 e. The molecule has 2 aromatic rings. The molecular weight excluding hydrogens is 321 g/mol. The second kappa shape index (κ2) is 6.92. The minimum absolute atomic E-state index is 0.0185. The highest BCUT2D eigenvalue weighted by Crippen LogP contribution is 2.37. The van der Waals surface area contributed by atoms with Crippen molar-refractivity contribution >= 4 is 0 Å². The quantitative estimate of drug-likeness (QED) is 0.879. The molecule has 2 fully saturated rings. The number of rotatable bonds is 5. The topological polar surface area (TPSA) is 39.7 Å². The zero-order valence-corrected chi connectivity index (χ0v) is 14.2. The largest absolute Gasteiger partial charge is 0.493 e. The van der Waals surface area contributed by atoms with Gasteiger partial charge in [-0.2, -0.15) is 4.39 Å². The van der Waals surface area contributed by atoms with Crippen LogP contribution < -0.4 is 19.5 Å². The molecule has 2 bridgehead atoms. The molecule has 0 aromatic heterocycles. The van der Waals surface area contributed by atoms with Crippen LogP contribution >= 0.6 is 0 Å². The monoisotopic (exact) mass is 343 g/mol. The van der Waals surface area contributed by atoms with E-state index in [1.165, 1.54) is 20.0 Å². The lowest BCUT2D eigenvalue weighted by Gasteiger charge is -2.29. The molecule has 0 radical (unpaired) electrons. The van der Waals surface area contributed by atoms with Crippen LogP contribution in [-0.4, -0.2) is 25.3 Å². The molecule has 0 saturated carbocycles. The van der Waals surface area contributed by atoms with Gasteiger partial charge in [-0.1, -0.05) is 18.2 Å². The van der Waals surface area contributed by atoms with E-state index in [0.717, 1.165) is 12.8 Å². The minimum atomic E-state index is -0.478. The zero-order chi connectivity index (χ0) is 17.2. The molecule has 132 valence electrons. The van der Waals surface area contributed by atoms with Crippen LogP contribution in [0.5, 0.6) is 23.0 Å². The Morgan fingerprint density at radius 1 is 0.960 bits per heavy atom.